The summed E-state index contributed by atoms with van der Waals surface area (Å²) in [6, 6.07) is 74.4. The molecule has 0 amide bonds. The molecule has 11 rings (SSSR count). The van der Waals surface area contributed by atoms with E-state index in [1.807, 2.05) is 67.0 Å². The van der Waals surface area contributed by atoms with E-state index in [2.05, 4.69) is 163 Å². The summed E-state index contributed by atoms with van der Waals surface area (Å²) in [5.74, 6) is 1.71. The molecule has 2 aliphatic rings. The Morgan fingerprint density at radius 3 is 1.79 bits per heavy atom. The number of aromatic nitrogens is 1. The van der Waals surface area contributed by atoms with Gasteiger partial charge >= 0.3 is 0 Å². The summed E-state index contributed by atoms with van der Waals surface area (Å²) in [6.07, 6.45) is 3.08. The molecule has 1 spiro atoms. The van der Waals surface area contributed by atoms with E-state index >= 15 is 0 Å². The molecule has 0 saturated carbocycles. The molecule has 1 aromatic heterocycles. The van der Waals surface area contributed by atoms with Gasteiger partial charge in [0.25, 0.3) is 0 Å². The number of pyridine rings is 1. The second kappa shape index (κ2) is 15.7. The molecule has 0 bridgehead atoms. The first-order chi connectivity index (χ1) is 30.6. The van der Waals surface area contributed by atoms with Gasteiger partial charge in [0.2, 0.25) is 0 Å². The number of nitrogens with one attached hydrogen (secondary N) is 1. The number of ether oxygens (including phenoxy) is 1. The van der Waals surface area contributed by atoms with Crippen LogP contribution in [0.25, 0.3) is 44.5 Å². The van der Waals surface area contributed by atoms with Crippen LogP contribution >= 0.6 is 0 Å². The zero-order valence-corrected chi connectivity index (χ0v) is 33.9. The van der Waals surface area contributed by atoms with Crippen LogP contribution in [0.4, 0.5) is 0 Å². The minimum Gasteiger partial charge on any atom is -0.457 e. The molecular weight excluding hydrogens is 757 g/mol. The molecule has 0 radical (unpaired) electrons. The summed E-state index contributed by atoms with van der Waals surface area (Å²) in [6.45, 7) is 0. The SMILES string of the molecule is NC(NC(/N=C/c1cccc(-c2cccc(-c3ccc4c(c3)C3(c5ccccc5Oc5ccccc53)c3ncccc3-4)c2)c1)c1ccc(-c2ccccc2)cc1)c1ccccc1. The van der Waals surface area contributed by atoms with Gasteiger partial charge < -0.3 is 10.5 Å². The Morgan fingerprint density at radius 1 is 0.484 bits per heavy atom. The van der Waals surface area contributed by atoms with Crippen molar-refractivity contribution in [2.24, 2.45) is 10.7 Å². The van der Waals surface area contributed by atoms with Gasteiger partial charge in [0, 0.05) is 29.1 Å². The molecule has 1 aliphatic carbocycles. The number of benzene rings is 8. The van der Waals surface area contributed by atoms with Crippen LogP contribution in [0.2, 0.25) is 0 Å². The van der Waals surface area contributed by atoms with Crippen molar-refractivity contribution in [2.75, 3.05) is 0 Å². The van der Waals surface area contributed by atoms with Crippen LogP contribution in [0.15, 0.2) is 224 Å². The number of hydrogen-bond acceptors (Lipinski definition) is 5. The number of fused-ring (bicyclic) bond motifs is 9. The summed E-state index contributed by atoms with van der Waals surface area (Å²) >= 11 is 0. The average molecular weight is 799 g/mol. The normalized spacial score (nSPS) is 14.0. The van der Waals surface area contributed by atoms with E-state index in [4.69, 9.17) is 20.4 Å². The fraction of sp³-hybridized carbons (Fsp3) is 0.0526. The zero-order chi connectivity index (χ0) is 41.5. The van der Waals surface area contributed by atoms with Gasteiger partial charge in [-0.1, -0.05) is 176 Å². The second-order valence-corrected chi connectivity index (χ2v) is 15.9. The van der Waals surface area contributed by atoms with E-state index in [9.17, 15) is 0 Å². The highest BCUT2D eigenvalue weighted by atomic mass is 16.5. The van der Waals surface area contributed by atoms with Gasteiger partial charge in [-0.15, -0.1) is 0 Å². The Morgan fingerprint density at radius 2 is 1.06 bits per heavy atom. The van der Waals surface area contributed by atoms with Gasteiger partial charge in [0.05, 0.1) is 17.3 Å². The van der Waals surface area contributed by atoms with Crippen LogP contribution in [0.1, 0.15) is 51.4 Å². The Hall–Kier alpha value is -7.70. The summed E-state index contributed by atoms with van der Waals surface area (Å²) in [7, 11) is 0. The molecule has 8 aromatic carbocycles. The van der Waals surface area contributed by atoms with Gasteiger partial charge in [-0.2, -0.15) is 0 Å². The molecule has 0 fully saturated rings. The lowest BCUT2D eigenvalue weighted by atomic mass is 9.67. The van der Waals surface area contributed by atoms with Crippen molar-refractivity contribution < 1.29 is 4.74 Å². The fourth-order valence-electron chi connectivity index (χ4n) is 9.34. The molecule has 9 aromatic rings. The third-order valence-corrected chi connectivity index (χ3v) is 12.3. The highest BCUT2D eigenvalue weighted by Gasteiger charge is 2.52. The maximum absolute atomic E-state index is 6.73. The van der Waals surface area contributed by atoms with Crippen LogP contribution in [-0.2, 0) is 5.41 Å². The maximum Gasteiger partial charge on any atom is 0.132 e. The molecular formula is C57H42N4O. The molecule has 5 nitrogen and oxygen atoms in total. The molecule has 62 heavy (non-hydrogen) atoms. The van der Waals surface area contributed by atoms with Crippen LogP contribution in [-0.4, -0.2) is 11.2 Å². The fourth-order valence-corrected chi connectivity index (χ4v) is 9.34. The lowest BCUT2D eigenvalue weighted by Crippen LogP contribution is -2.33. The number of aliphatic imine (C=N–C) groups is 1. The topological polar surface area (TPSA) is 72.5 Å². The van der Waals surface area contributed by atoms with E-state index in [-0.39, 0.29) is 6.17 Å². The van der Waals surface area contributed by atoms with Crippen molar-refractivity contribution in [1.82, 2.24) is 10.3 Å². The van der Waals surface area contributed by atoms with E-state index in [0.717, 1.165) is 78.4 Å². The van der Waals surface area contributed by atoms with Crippen LogP contribution in [0, 0.1) is 0 Å². The van der Waals surface area contributed by atoms with Crippen molar-refractivity contribution in [3.63, 3.8) is 0 Å². The summed E-state index contributed by atoms with van der Waals surface area (Å²) in [4.78, 5) is 10.2. The van der Waals surface area contributed by atoms with Gasteiger partial charge in [-0.05, 0) is 97.6 Å². The number of nitrogens with zero attached hydrogens (tertiary/aromatic N) is 2. The molecule has 2 heterocycles. The average Bonchev–Trinajstić information content (AvgIpc) is 3.63. The maximum atomic E-state index is 6.73. The number of hydrogen-bond donors (Lipinski definition) is 2. The number of rotatable bonds is 9. The highest BCUT2D eigenvalue weighted by Crippen LogP contribution is 2.61. The first kappa shape index (κ1) is 37.3. The predicted octanol–water partition coefficient (Wildman–Crippen LogP) is 12.9. The lowest BCUT2D eigenvalue weighted by molar-refractivity contribution is 0.434. The van der Waals surface area contributed by atoms with E-state index < -0.39 is 11.6 Å². The number of nitrogens with two attached hydrogens (primary N) is 1. The van der Waals surface area contributed by atoms with Gasteiger partial charge in [0.15, 0.2) is 0 Å². The van der Waals surface area contributed by atoms with Crippen LogP contribution in [0.3, 0.4) is 0 Å². The largest absolute Gasteiger partial charge is 0.457 e. The van der Waals surface area contributed by atoms with E-state index in [1.165, 1.54) is 16.7 Å². The molecule has 0 saturated heterocycles. The molecule has 296 valence electrons. The van der Waals surface area contributed by atoms with Crippen molar-refractivity contribution in [1.29, 1.82) is 0 Å². The number of para-hydroxylation sites is 2. The monoisotopic (exact) mass is 798 g/mol. The minimum atomic E-state index is -0.625. The third-order valence-electron chi connectivity index (χ3n) is 12.3. The Balaban J connectivity index is 0.936. The van der Waals surface area contributed by atoms with Gasteiger partial charge in [-0.3, -0.25) is 15.3 Å². The highest BCUT2D eigenvalue weighted by molar-refractivity contribution is 5.90. The van der Waals surface area contributed by atoms with E-state index in [1.54, 1.807) is 0 Å². The minimum absolute atomic E-state index is 0.374. The summed E-state index contributed by atoms with van der Waals surface area (Å²) in [5, 5.41) is 3.58. The summed E-state index contributed by atoms with van der Waals surface area (Å²) < 4.78 is 6.54. The molecule has 2 atom stereocenters. The lowest BCUT2D eigenvalue weighted by Gasteiger charge is -2.38. The smallest absolute Gasteiger partial charge is 0.132 e. The van der Waals surface area contributed by atoms with Crippen molar-refractivity contribution >= 4 is 6.21 Å². The molecule has 2 unspecified atom stereocenters. The zero-order valence-electron chi connectivity index (χ0n) is 33.9. The van der Waals surface area contributed by atoms with Gasteiger partial charge in [-0.25, -0.2) is 0 Å². The Bertz CT molecular complexity index is 3060. The quantitative estimate of drug-likeness (QED) is 0.113. The molecule has 5 heteroatoms. The van der Waals surface area contributed by atoms with Gasteiger partial charge in [0.1, 0.15) is 17.7 Å². The third kappa shape index (κ3) is 6.52. The Kier molecular flexibility index (Phi) is 9.46. The van der Waals surface area contributed by atoms with Crippen LogP contribution in [0.5, 0.6) is 11.5 Å². The first-order valence-corrected chi connectivity index (χ1v) is 21.1. The first-order valence-electron chi connectivity index (χ1n) is 21.1. The summed E-state index contributed by atoms with van der Waals surface area (Å²) in [5.41, 5.74) is 22.7. The van der Waals surface area contributed by atoms with E-state index in [0.29, 0.717) is 0 Å². The standard InChI is InChI=1S/C57H42N4O/c58-55(41-17-5-2-6-18-41)61-56(42-29-27-40(28-30-42)39-15-3-1-4-16-39)60-37-38-14-11-19-43(34-38)44-20-12-21-45(35-44)46-31-32-47-48-22-13-33-59-54(48)57(51(47)36-46)49-23-7-9-25-52(49)62-53-26-10-8-24-50(53)57/h1-37,55-56,61H,58H2/b60-37+. The van der Waals surface area contributed by atoms with Crippen molar-refractivity contribution in [2.45, 2.75) is 17.7 Å². The Labute approximate surface area is 361 Å². The van der Waals surface area contributed by atoms with Crippen molar-refractivity contribution in [3.8, 4) is 56.0 Å². The molecule has 3 N–H and O–H groups in total. The van der Waals surface area contributed by atoms with Crippen LogP contribution < -0.4 is 15.8 Å². The van der Waals surface area contributed by atoms with Crippen molar-refractivity contribution in [3.05, 3.63) is 258 Å². The molecule has 1 aliphatic heterocycles. The second-order valence-electron chi connectivity index (χ2n) is 15.9. The predicted molar refractivity (Wildman–Crippen MR) is 251 cm³/mol.